The molecule has 10 atom stereocenters. The summed E-state index contributed by atoms with van der Waals surface area (Å²) in [5.41, 5.74) is 3.79. The third-order valence-corrected chi connectivity index (χ3v) is 16.3. The maximum atomic E-state index is 9.22. The fraction of sp³-hybridized carbons (Fsp3) is 0.750. The highest BCUT2D eigenvalue weighted by Crippen LogP contribution is 2.43. The van der Waals surface area contributed by atoms with Gasteiger partial charge in [-0.15, -0.1) is 0 Å². The summed E-state index contributed by atoms with van der Waals surface area (Å²) < 4.78 is 26.8. The van der Waals surface area contributed by atoms with Crippen LogP contribution in [0.25, 0.3) is 0 Å². The molecule has 4 rings (SSSR count). The Labute approximate surface area is 282 Å². The number of hydrogen-bond acceptors (Lipinski definition) is 5. The van der Waals surface area contributed by atoms with Crippen LogP contribution in [-0.2, 0) is 25.1 Å². The molecule has 6 heteroatoms. The molecule has 1 aromatic carbocycles. The summed E-state index contributed by atoms with van der Waals surface area (Å²) in [5, 5.41) is 9.44. The van der Waals surface area contributed by atoms with Crippen molar-refractivity contribution in [2.45, 2.75) is 154 Å². The van der Waals surface area contributed by atoms with E-state index in [1.807, 2.05) is 0 Å². The van der Waals surface area contributed by atoms with Crippen LogP contribution in [0.5, 0.6) is 0 Å². The second-order valence-corrected chi connectivity index (χ2v) is 21.4. The number of hydrogen-bond donors (Lipinski definition) is 1. The molecule has 3 aliphatic rings. The minimum atomic E-state index is -1.79. The molecule has 3 heterocycles. The van der Waals surface area contributed by atoms with Crippen LogP contribution in [0.2, 0.25) is 18.1 Å². The first-order valence-corrected chi connectivity index (χ1v) is 21.2. The van der Waals surface area contributed by atoms with Crippen LogP contribution in [0, 0.1) is 23.7 Å². The van der Waals surface area contributed by atoms with Crippen molar-refractivity contribution in [2.24, 2.45) is 23.7 Å². The molecule has 3 unspecified atom stereocenters. The van der Waals surface area contributed by atoms with Crippen LogP contribution in [0.15, 0.2) is 54.6 Å². The zero-order valence-corrected chi connectivity index (χ0v) is 31.4. The SMILES string of the molecule is C=C1C[C@H](CCCO)OC1CC[C@H]1C[C@@H](C)C(=C)C(C[C@@H]2O[C@H](C[C@H](C)CO[Si](C)(C)C(C)(C)C)[C@H](C)C2Cc2ccccc2)O1. The molecule has 0 radical (unpaired) electrons. The molecule has 0 aromatic heterocycles. The Bertz CT molecular complexity index is 1110. The summed E-state index contributed by atoms with van der Waals surface area (Å²) in [6.07, 6.45) is 9.26. The van der Waals surface area contributed by atoms with E-state index in [1.54, 1.807) is 0 Å². The van der Waals surface area contributed by atoms with Gasteiger partial charge < -0.3 is 23.7 Å². The monoisotopic (exact) mass is 654 g/mol. The van der Waals surface area contributed by atoms with Gasteiger partial charge in [0.1, 0.15) is 0 Å². The van der Waals surface area contributed by atoms with Gasteiger partial charge in [0.05, 0.1) is 36.6 Å². The number of aliphatic hydroxyl groups is 1. The topological polar surface area (TPSA) is 57.2 Å². The van der Waals surface area contributed by atoms with Crippen molar-refractivity contribution in [3.63, 3.8) is 0 Å². The van der Waals surface area contributed by atoms with Gasteiger partial charge >= 0.3 is 0 Å². The maximum absolute atomic E-state index is 9.22. The van der Waals surface area contributed by atoms with Crippen LogP contribution >= 0.6 is 0 Å². The summed E-state index contributed by atoms with van der Waals surface area (Å²) in [7, 11) is -1.79. The lowest BCUT2D eigenvalue weighted by molar-refractivity contribution is -0.0747. The molecule has 5 nitrogen and oxygen atoms in total. The largest absolute Gasteiger partial charge is 0.417 e. The molecular formula is C40H66O5Si. The van der Waals surface area contributed by atoms with E-state index in [0.29, 0.717) is 23.7 Å². The molecule has 46 heavy (non-hydrogen) atoms. The van der Waals surface area contributed by atoms with E-state index in [2.05, 4.69) is 98.1 Å². The highest BCUT2D eigenvalue weighted by molar-refractivity contribution is 6.74. The van der Waals surface area contributed by atoms with Crippen LogP contribution in [0.4, 0.5) is 0 Å². The Morgan fingerprint density at radius 2 is 1.65 bits per heavy atom. The third-order valence-electron chi connectivity index (χ3n) is 11.8. The van der Waals surface area contributed by atoms with Gasteiger partial charge in [-0.3, -0.25) is 0 Å². The Hall–Kier alpha value is -1.28. The highest BCUT2D eigenvalue weighted by Gasteiger charge is 2.45. The van der Waals surface area contributed by atoms with E-state index in [-0.39, 0.29) is 48.3 Å². The summed E-state index contributed by atoms with van der Waals surface area (Å²) >= 11 is 0. The van der Waals surface area contributed by atoms with Crippen LogP contribution in [0.1, 0.15) is 98.5 Å². The first-order chi connectivity index (χ1) is 21.7. The molecule has 0 saturated carbocycles. The van der Waals surface area contributed by atoms with Crippen molar-refractivity contribution in [3.8, 4) is 0 Å². The molecular weight excluding hydrogens is 589 g/mol. The number of ether oxygens (including phenoxy) is 3. The van der Waals surface area contributed by atoms with Crippen molar-refractivity contribution < 1.29 is 23.7 Å². The van der Waals surface area contributed by atoms with Gasteiger partial charge in [-0.1, -0.05) is 85.0 Å². The molecule has 0 bridgehead atoms. The first-order valence-electron chi connectivity index (χ1n) is 18.3. The Balaban J connectivity index is 1.39. The zero-order chi connectivity index (χ0) is 33.6. The Morgan fingerprint density at radius 3 is 2.33 bits per heavy atom. The van der Waals surface area contributed by atoms with Gasteiger partial charge in [0.2, 0.25) is 0 Å². The van der Waals surface area contributed by atoms with Crippen LogP contribution in [0.3, 0.4) is 0 Å². The lowest BCUT2D eigenvalue weighted by Crippen LogP contribution is -2.42. The molecule has 3 fully saturated rings. The molecule has 0 spiro atoms. The lowest BCUT2D eigenvalue weighted by Gasteiger charge is -2.38. The molecule has 3 saturated heterocycles. The lowest BCUT2D eigenvalue weighted by atomic mass is 9.78. The normalized spacial score (nSPS) is 33.1. The minimum Gasteiger partial charge on any atom is -0.417 e. The van der Waals surface area contributed by atoms with E-state index >= 15 is 0 Å². The quantitative estimate of drug-likeness (QED) is 0.151. The van der Waals surface area contributed by atoms with Crippen molar-refractivity contribution in [2.75, 3.05) is 13.2 Å². The van der Waals surface area contributed by atoms with E-state index in [1.165, 1.54) is 16.7 Å². The van der Waals surface area contributed by atoms with Gasteiger partial charge in [-0.2, -0.15) is 0 Å². The molecule has 3 aliphatic heterocycles. The summed E-state index contributed by atoms with van der Waals surface area (Å²) in [5.74, 6) is 1.75. The number of benzene rings is 1. The van der Waals surface area contributed by atoms with Crippen molar-refractivity contribution in [1.29, 1.82) is 0 Å². The minimum absolute atomic E-state index is 0.00677. The maximum Gasteiger partial charge on any atom is 0.191 e. The smallest absolute Gasteiger partial charge is 0.191 e. The average molecular weight is 655 g/mol. The van der Waals surface area contributed by atoms with Gasteiger partial charge in [0.25, 0.3) is 0 Å². The number of rotatable bonds is 15. The van der Waals surface area contributed by atoms with Crippen molar-refractivity contribution >= 4 is 8.32 Å². The molecule has 1 N–H and O–H groups in total. The van der Waals surface area contributed by atoms with Gasteiger partial charge in [-0.05, 0) is 110 Å². The third kappa shape index (κ3) is 9.89. The van der Waals surface area contributed by atoms with E-state index < -0.39 is 8.32 Å². The van der Waals surface area contributed by atoms with Gasteiger partial charge in [0, 0.05) is 19.6 Å². The number of aliphatic hydroxyl groups excluding tert-OH is 1. The highest BCUT2D eigenvalue weighted by atomic mass is 28.4. The predicted octanol–water partition coefficient (Wildman–Crippen LogP) is 9.30. The fourth-order valence-electron chi connectivity index (χ4n) is 7.54. The molecule has 260 valence electrons. The van der Waals surface area contributed by atoms with Crippen molar-refractivity contribution in [1.82, 2.24) is 0 Å². The second-order valence-electron chi connectivity index (χ2n) is 16.6. The zero-order valence-electron chi connectivity index (χ0n) is 30.4. The predicted molar refractivity (Wildman–Crippen MR) is 193 cm³/mol. The second kappa shape index (κ2) is 16.4. The van der Waals surface area contributed by atoms with Crippen LogP contribution < -0.4 is 0 Å². The molecule has 0 aliphatic carbocycles. The van der Waals surface area contributed by atoms with Crippen molar-refractivity contribution in [3.05, 3.63) is 60.2 Å². The van der Waals surface area contributed by atoms with E-state index in [4.69, 9.17) is 18.6 Å². The van der Waals surface area contributed by atoms with Gasteiger partial charge in [-0.25, -0.2) is 0 Å². The Kier molecular flexibility index (Phi) is 13.4. The summed E-state index contributed by atoms with van der Waals surface area (Å²) in [4.78, 5) is 0. The van der Waals surface area contributed by atoms with E-state index in [0.717, 1.165) is 64.4 Å². The summed E-state index contributed by atoms with van der Waals surface area (Å²) in [6, 6.07) is 10.9. The molecule has 0 amide bonds. The van der Waals surface area contributed by atoms with Gasteiger partial charge in [0.15, 0.2) is 8.32 Å². The first kappa shape index (κ1) is 37.5. The standard InChI is InChI=1S/C40H66O5Si/c1-27(26-42-46(9,10)40(6,7)8)21-37-31(5)35(24-32-15-12-11-13-16-32)39(45-37)25-38-30(4)28(2)22-34(44-38)18-19-36-29(3)23-33(43-36)17-14-20-41/h11-13,15-16,27-28,31,33-39,41H,3-4,14,17-26H2,1-2,5-10H3/t27-,28+,31+,33-,34-,35?,36?,37+,38?,39-/m0/s1. The fourth-order valence-corrected chi connectivity index (χ4v) is 8.67. The van der Waals surface area contributed by atoms with Crippen LogP contribution in [-0.4, -0.2) is 63.3 Å². The Morgan fingerprint density at radius 1 is 0.957 bits per heavy atom. The average Bonchev–Trinajstić information content (AvgIpc) is 3.49. The molecule has 1 aromatic rings. The van der Waals surface area contributed by atoms with E-state index in [9.17, 15) is 5.11 Å². The summed E-state index contributed by atoms with van der Waals surface area (Å²) in [6.45, 7) is 28.6.